The second-order valence-corrected chi connectivity index (χ2v) is 5.25. The zero-order valence-electron chi connectivity index (χ0n) is 11.7. The van der Waals surface area contributed by atoms with Crippen LogP contribution < -0.4 is 10.2 Å². The van der Waals surface area contributed by atoms with Crippen LogP contribution in [-0.2, 0) is 4.79 Å². The summed E-state index contributed by atoms with van der Waals surface area (Å²) in [7, 11) is 0. The third kappa shape index (κ3) is 3.00. The normalized spacial score (nSPS) is 18.2. The van der Waals surface area contributed by atoms with Gasteiger partial charge >= 0.3 is 0 Å². The minimum absolute atomic E-state index is 0.0218. The molecule has 4 heteroatoms. The molecule has 0 spiro atoms. The van der Waals surface area contributed by atoms with E-state index in [0.29, 0.717) is 18.5 Å². The number of hydrogen-bond donors (Lipinski definition) is 1. The van der Waals surface area contributed by atoms with Crippen LogP contribution in [0.4, 0.5) is 5.69 Å². The molecule has 1 fully saturated rings. The molecule has 1 aromatic carbocycles. The van der Waals surface area contributed by atoms with Crippen molar-refractivity contribution >= 4 is 17.5 Å². The first kappa shape index (κ1) is 14.1. The summed E-state index contributed by atoms with van der Waals surface area (Å²) in [4.78, 5) is 25.4. The van der Waals surface area contributed by atoms with Gasteiger partial charge in [0.2, 0.25) is 5.91 Å². The number of terminal acetylenes is 1. The molecule has 104 valence electrons. The molecule has 1 heterocycles. The van der Waals surface area contributed by atoms with E-state index in [9.17, 15) is 9.59 Å². The smallest absolute Gasteiger partial charge is 0.251 e. The molecule has 4 nitrogen and oxygen atoms in total. The van der Waals surface area contributed by atoms with Crippen LogP contribution in [0.25, 0.3) is 0 Å². The molecule has 1 aromatic rings. The Bertz CT molecular complexity index is 555. The largest absolute Gasteiger partial charge is 0.350 e. The lowest BCUT2D eigenvalue weighted by molar-refractivity contribution is -0.117. The summed E-state index contributed by atoms with van der Waals surface area (Å²) in [5.41, 5.74) is 1.37. The first-order valence-corrected chi connectivity index (χ1v) is 6.68. The summed E-state index contributed by atoms with van der Waals surface area (Å²) in [6.45, 7) is 4.37. The van der Waals surface area contributed by atoms with Gasteiger partial charge in [-0.1, -0.05) is 0 Å². The van der Waals surface area contributed by atoms with Crippen LogP contribution in [0.15, 0.2) is 24.3 Å². The highest BCUT2D eigenvalue weighted by Crippen LogP contribution is 2.24. The Morgan fingerprint density at radius 2 is 2.05 bits per heavy atom. The summed E-state index contributed by atoms with van der Waals surface area (Å²) in [5, 5.41) is 2.83. The summed E-state index contributed by atoms with van der Waals surface area (Å²) in [5.74, 6) is 2.52. The number of nitrogens with one attached hydrogen (secondary N) is 1. The molecule has 0 bridgehead atoms. The molecule has 0 saturated carbocycles. The Kier molecular flexibility index (Phi) is 4.09. The highest BCUT2D eigenvalue weighted by Gasteiger charge is 2.29. The maximum atomic E-state index is 11.9. The Balaban J connectivity index is 2.11. The van der Waals surface area contributed by atoms with Gasteiger partial charge in [-0.25, -0.2) is 0 Å². The number of amides is 2. The molecule has 20 heavy (non-hydrogen) atoms. The van der Waals surface area contributed by atoms with Crippen LogP contribution in [0.1, 0.15) is 30.6 Å². The van der Waals surface area contributed by atoms with Crippen molar-refractivity contribution in [1.82, 2.24) is 5.32 Å². The zero-order valence-corrected chi connectivity index (χ0v) is 11.7. The number of carbonyl (C=O) groups is 2. The van der Waals surface area contributed by atoms with E-state index < -0.39 is 0 Å². The van der Waals surface area contributed by atoms with Crippen LogP contribution in [0.2, 0.25) is 0 Å². The van der Waals surface area contributed by atoms with Gasteiger partial charge < -0.3 is 10.2 Å². The summed E-state index contributed by atoms with van der Waals surface area (Å²) in [6.07, 6.45) is 5.76. The second-order valence-electron chi connectivity index (χ2n) is 5.25. The Morgan fingerprint density at radius 3 is 2.55 bits per heavy atom. The highest BCUT2D eigenvalue weighted by molar-refractivity contribution is 5.98. The van der Waals surface area contributed by atoms with Crippen molar-refractivity contribution in [2.24, 2.45) is 5.92 Å². The maximum Gasteiger partial charge on any atom is 0.251 e. The van der Waals surface area contributed by atoms with Crippen molar-refractivity contribution < 1.29 is 9.59 Å². The maximum absolute atomic E-state index is 11.9. The predicted octanol–water partition coefficient (Wildman–Crippen LogP) is 1.81. The topological polar surface area (TPSA) is 49.4 Å². The van der Waals surface area contributed by atoms with E-state index in [2.05, 4.69) is 11.2 Å². The fourth-order valence-electron chi connectivity index (χ4n) is 2.21. The zero-order chi connectivity index (χ0) is 14.7. The number of anilines is 1. The number of nitrogens with zero attached hydrogens (tertiary/aromatic N) is 1. The Hall–Kier alpha value is -2.28. The van der Waals surface area contributed by atoms with Gasteiger partial charge in [0.05, 0.1) is 0 Å². The molecule has 1 aliphatic rings. The average molecular weight is 270 g/mol. The molecule has 1 atom stereocenters. The van der Waals surface area contributed by atoms with Crippen molar-refractivity contribution in [3.8, 4) is 12.3 Å². The molecular weight excluding hydrogens is 252 g/mol. The fourth-order valence-corrected chi connectivity index (χ4v) is 2.21. The van der Waals surface area contributed by atoms with Crippen molar-refractivity contribution in [3.63, 3.8) is 0 Å². The highest BCUT2D eigenvalue weighted by atomic mass is 16.2. The van der Waals surface area contributed by atoms with Gasteiger partial charge in [-0.3, -0.25) is 9.59 Å². The van der Waals surface area contributed by atoms with Crippen molar-refractivity contribution in [1.29, 1.82) is 0 Å². The second kappa shape index (κ2) is 5.79. The molecule has 1 N–H and O–H groups in total. The number of hydrogen-bond acceptors (Lipinski definition) is 2. The number of benzene rings is 1. The third-order valence-corrected chi connectivity index (χ3v) is 3.22. The van der Waals surface area contributed by atoms with Crippen LogP contribution >= 0.6 is 0 Å². The van der Waals surface area contributed by atoms with E-state index >= 15 is 0 Å². The first-order valence-electron chi connectivity index (χ1n) is 6.68. The molecular formula is C16H18N2O2. The van der Waals surface area contributed by atoms with Gasteiger partial charge in [0.1, 0.15) is 0 Å². The minimum Gasteiger partial charge on any atom is -0.350 e. The first-order chi connectivity index (χ1) is 9.51. The van der Waals surface area contributed by atoms with Crippen LogP contribution in [0.3, 0.4) is 0 Å². The van der Waals surface area contributed by atoms with E-state index in [4.69, 9.17) is 6.42 Å². The van der Waals surface area contributed by atoms with Gasteiger partial charge in [-0.15, -0.1) is 12.3 Å². The lowest BCUT2D eigenvalue weighted by atomic mass is 10.1. The molecule has 0 aliphatic carbocycles. The Labute approximate surface area is 119 Å². The minimum atomic E-state index is -0.110. The van der Waals surface area contributed by atoms with Gasteiger partial charge in [0.15, 0.2) is 0 Å². The molecule has 0 radical (unpaired) electrons. The summed E-state index contributed by atoms with van der Waals surface area (Å²) < 4.78 is 0. The van der Waals surface area contributed by atoms with E-state index in [1.165, 1.54) is 0 Å². The van der Waals surface area contributed by atoms with Crippen LogP contribution in [0, 0.1) is 18.3 Å². The SMILES string of the molecule is C#CC1CC(=O)N(c2ccc(C(=O)NC(C)C)cc2)C1. The van der Waals surface area contributed by atoms with Crippen molar-refractivity contribution in [2.45, 2.75) is 26.3 Å². The lowest BCUT2D eigenvalue weighted by Crippen LogP contribution is -2.30. The molecule has 1 saturated heterocycles. The molecule has 1 aliphatic heterocycles. The van der Waals surface area contributed by atoms with E-state index in [0.717, 1.165) is 5.69 Å². The van der Waals surface area contributed by atoms with E-state index in [1.807, 2.05) is 13.8 Å². The van der Waals surface area contributed by atoms with Crippen LogP contribution in [-0.4, -0.2) is 24.4 Å². The van der Waals surface area contributed by atoms with Gasteiger partial charge in [-0.2, -0.15) is 0 Å². The number of carbonyl (C=O) groups excluding carboxylic acids is 2. The molecule has 2 rings (SSSR count). The quantitative estimate of drug-likeness (QED) is 0.852. The number of rotatable bonds is 3. The van der Waals surface area contributed by atoms with Gasteiger partial charge in [0, 0.05) is 36.2 Å². The molecule has 1 unspecified atom stereocenters. The van der Waals surface area contributed by atoms with E-state index in [1.54, 1.807) is 29.2 Å². The standard InChI is InChI=1S/C16H18N2O2/c1-4-12-9-15(19)18(10-12)14-7-5-13(6-8-14)16(20)17-11(2)3/h1,5-8,11-12H,9-10H2,2-3H3,(H,17,20). The van der Waals surface area contributed by atoms with Crippen LogP contribution in [0.5, 0.6) is 0 Å². The van der Waals surface area contributed by atoms with Gasteiger partial charge in [-0.05, 0) is 38.1 Å². The van der Waals surface area contributed by atoms with E-state index in [-0.39, 0.29) is 23.8 Å². The van der Waals surface area contributed by atoms with Crippen molar-refractivity contribution in [2.75, 3.05) is 11.4 Å². The molecule has 2 amide bonds. The Morgan fingerprint density at radius 1 is 1.40 bits per heavy atom. The fraction of sp³-hybridized carbons (Fsp3) is 0.375. The molecule has 0 aromatic heterocycles. The lowest BCUT2D eigenvalue weighted by Gasteiger charge is -2.16. The summed E-state index contributed by atoms with van der Waals surface area (Å²) >= 11 is 0. The average Bonchev–Trinajstić information content (AvgIpc) is 2.79. The monoisotopic (exact) mass is 270 g/mol. The van der Waals surface area contributed by atoms with Gasteiger partial charge in [0.25, 0.3) is 5.91 Å². The third-order valence-electron chi connectivity index (χ3n) is 3.22. The summed E-state index contributed by atoms with van der Waals surface area (Å²) in [6, 6.07) is 7.12. The van der Waals surface area contributed by atoms with Crippen molar-refractivity contribution in [3.05, 3.63) is 29.8 Å². The predicted molar refractivity (Wildman–Crippen MR) is 78.3 cm³/mol.